The average molecular weight is 198 g/mol. The third-order valence-corrected chi connectivity index (χ3v) is 1.80. The van der Waals surface area contributed by atoms with Gasteiger partial charge in [0.1, 0.15) is 5.82 Å². The third kappa shape index (κ3) is 2.00. The van der Waals surface area contributed by atoms with E-state index in [9.17, 15) is 9.18 Å². The summed E-state index contributed by atoms with van der Waals surface area (Å²) in [6.07, 6.45) is 0. The molecule has 0 bridgehead atoms. The first-order valence-corrected chi connectivity index (χ1v) is 3.93. The summed E-state index contributed by atoms with van der Waals surface area (Å²) in [6, 6.07) is 3.59. The van der Waals surface area contributed by atoms with Gasteiger partial charge in [0.2, 0.25) is 0 Å². The Kier molecular flexibility index (Phi) is 3.03. The lowest BCUT2D eigenvalue weighted by Crippen LogP contribution is -2.26. The fourth-order valence-electron chi connectivity index (χ4n) is 0.981. The van der Waals surface area contributed by atoms with Gasteiger partial charge in [-0.1, -0.05) is 0 Å². The van der Waals surface area contributed by atoms with Crippen LogP contribution in [0.2, 0.25) is 0 Å². The summed E-state index contributed by atoms with van der Waals surface area (Å²) < 4.78 is 12.7. The van der Waals surface area contributed by atoms with Crippen LogP contribution in [-0.4, -0.2) is 25.1 Å². The summed E-state index contributed by atoms with van der Waals surface area (Å²) in [5.41, 5.74) is 5.79. The van der Waals surface area contributed by atoms with Crippen LogP contribution < -0.4 is 5.73 Å². The first-order chi connectivity index (χ1) is 6.56. The van der Waals surface area contributed by atoms with Gasteiger partial charge in [-0.05, 0) is 18.2 Å². The van der Waals surface area contributed by atoms with Crippen molar-refractivity contribution in [2.24, 2.45) is 0 Å². The number of halogens is 1. The molecule has 0 atom stereocenters. The van der Waals surface area contributed by atoms with Gasteiger partial charge in [0.15, 0.2) is 0 Å². The number of nitrogen functional groups attached to an aromatic ring is 1. The van der Waals surface area contributed by atoms with Gasteiger partial charge >= 0.3 is 0 Å². The second kappa shape index (κ2) is 4.06. The molecule has 0 fully saturated rings. The van der Waals surface area contributed by atoms with E-state index in [2.05, 4.69) is 4.84 Å². The van der Waals surface area contributed by atoms with E-state index in [1.807, 2.05) is 0 Å². The van der Waals surface area contributed by atoms with Crippen LogP contribution in [0.5, 0.6) is 0 Å². The molecule has 0 radical (unpaired) electrons. The summed E-state index contributed by atoms with van der Waals surface area (Å²) in [4.78, 5) is 16.2. The lowest BCUT2D eigenvalue weighted by atomic mass is 10.1. The maximum Gasteiger partial charge on any atom is 0.279 e. The van der Waals surface area contributed by atoms with Gasteiger partial charge in [0.25, 0.3) is 5.91 Å². The SMILES string of the molecule is CON(C)C(=O)c1ccc(F)cc1N. The van der Waals surface area contributed by atoms with E-state index in [-0.39, 0.29) is 11.3 Å². The van der Waals surface area contributed by atoms with Crippen molar-refractivity contribution in [1.82, 2.24) is 5.06 Å². The Labute approximate surface area is 81.0 Å². The largest absolute Gasteiger partial charge is 0.398 e. The summed E-state index contributed by atoms with van der Waals surface area (Å²) in [5.74, 6) is -0.885. The molecule has 0 aromatic heterocycles. The highest BCUT2D eigenvalue weighted by Gasteiger charge is 2.14. The van der Waals surface area contributed by atoms with Crippen LogP contribution in [0.25, 0.3) is 0 Å². The molecule has 2 N–H and O–H groups in total. The monoisotopic (exact) mass is 198 g/mol. The fourth-order valence-corrected chi connectivity index (χ4v) is 0.981. The molecule has 76 valence electrons. The number of hydroxylamine groups is 2. The molecule has 1 amide bonds. The number of amides is 1. The van der Waals surface area contributed by atoms with E-state index in [0.29, 0.717) is 0 Å². The maximum atomic E-state index is 12.7. The van der Waals surface area contributed by atoms with Gasteiger partial charge in [-0.3, -0.25) is 9.63 Å². The molecule has 1 aromatic rings. The van der Waals surface area contributed by atoms with Gasteiger partial charge in [0.05, 0.1) is 12.7 Å². The second-order valence-corrected chi connectivity index (χ2v) is 2.72. The Morgan fingerprint density at radius 2 is 2.21 bits per heavy atom. The number of anilines is 1. The van der Waals surface area contributed by atoms with E-state index in [4.69, 9.17) is 5.73 Å². The highest BCUT2D eigenvalue weighted by molar-refractivity contribution is 5.98. The van der Waals surface area contributed by atoms with Crippen LogP contribution >= 0.6 is 0 Å². The van der Waals surface area contributed by atoms with Crippen molar-refractivity contribution in [3.05, 3.63) is 29.6 Å². The molecule has 0 spiro atoms. The van der Waals surface area contributed by atoms with Crippen molar-refractivity contribution >= 4 is 11.6 Å². The molecule has 0 aliphatic carbocycles. The maximum absolute atomic E-state index is 12.7. The lowest BCUT2D eigenvalue weighted by molar-refractivity contribution is -0.0756. The quantitative estimate of drug-likeness (QED) is 0.570. The highest BCUT2D eigenvalue weighted by atomic mass is 19.1. The number of hydrogen-bond donors (Lipinski definition) is 1. The number of rotatable bonds is 2. The molecule has 0 saturated carbocycles. The molecule has 0 aliphatic heterocycles. The van der Waals surface area contributed by atoms with Gasteiger partial charge < -0.3 is 5.73 Å². The molecule has 5 heteroatoms. The Morgan fingerprint density at radius 3 is 2.71 bits per heavy atom. The van der Waals surface area contributed by atoms with Crippen molar-refractivity contribution in [1.29, 1.82) is 0 Å². The molecular formula is C9H11FN2O2. The number of nitrogens with zero attached hydrogens (tertiary/aromatic N) is 1. The average Bonchev–Trinajstić information content (AvgIpc) is 2.15. The Hall–Kier alpha value is -1.62. The van der Waals surface area contributed by atoms with Crippen LogP contribution in [0.3, 0.4) is 0 Å². The Bertz CT molecular complexity index is 355. The smallest absolute Gasteiger partial charge is 0.279 e. The zero-order valence-electron chi connectivity index (χ0n) is 7.95. The van der Waals surface area contributed by atoms with Crippen molar-refractivity contribution in [3.8, 4) is 0 Å². The molecule has 1 rings (SSSR count). The summed E-state index contributed by atoms with van der Waals surface area (Å²) >= 11 is 0. The fraction of sp³-hybridized carbons (Fsp3) is 0.222. The minimum absolute atomic E-state index is 0.0962. The highest BCUT2D eigenvalue weighted by Crippen LogP contribution is 2.15. The van der Waals surface area contributed by atoms with Gasteiger partial charge in [0, 0.05) is 12.7 Å². The zero-order chi connectivity index (χ0) is 10.7. The van der Waals surface area contributed by atoms with Crippen LogP contribution in [0.4, 0.5) is 10.1 Å². The summed E-state index contributed by atoms with van der Waals surface area (Å²) in [6.45, 7) is 0. The molecule has 0 saturated heterocycles. The topological polar surface area (TPSA) is 55.6 Å². The van der Waals surface area contributed by atoms with Gasteiger partial charge in [-0.2, -0.15) is 0 Å². The minimum atomic E-state index is -0.473. The van der Waals surface area contributed by atoms with E-state index < -0.39 is 11.7 Å². The third-order valence-electron chi connectivity index (χ3n) is 1.80. The Balaban J connectivity index is 3.02. The first-order valence-electron chi connectivity index (χ1n) is 3.93. The second-order valence-electron chi connectivity index (χ2n) is 2.72. The normalized spacial score (nSPS) is 9.93. The van der Waals surface area contributed by atoms with Crippen LogP contribution in [0.1, 0.15) is 10.4 Å². The summed E-state index contributed by atoms with van der Waals surface area (Å²) in [7, 11) is 2.81. The molecular weight excluding hydrogens is 187 g/mol. The van der Waals surface area contributed by atoms with Crippen molar-refractivity contribution < 1.29 is 14.0 Å². The molecule has 0 heterocycles. The van der Waals surface area contributed by atoms with E-state index in [1.165, 1.54) is 26.3 Å². The number of benzene rings is 1. The van der Waals surface area contributed by atoms with E-state index in [0.717, 1.165) is 11.1 Å². The summed E-state index contributed by atoms with van der Waals surface area (Å²) in [5, 5.41) is 1.02. The number of carbonyl (C=O) groups is 1. The van der Waals surface area contributed by atoms with Crippen LogP contribution in [-0.2, 0) is 4.84 Å². The standard InChI is InChI=1S/C9H11FN2O2/c1-12(14-2)9(13)7-4-3-6(10)5-8(7)11/h3-5H,11H2,1-2H3. The zero-order valence-corrected chi connectivity index (χ0v) is 7.95. The molecule has 0 unspecified atom stereocenters. The predicted octanol–water partition coefficient (Wildman–Crippen LogP) is 1.04. The lowest BCUT2D eigenvalue weighted by Gasteiger charge is -2.14. The van der Waals surface area contributed by atoms with E-state index in [1.54, 1.807) is 0 Å². The van der Waals surface area contributed by atoms with Crippen molar-refractivity contribution in [2.75, 3.05) is 19.9 Å². The van der Waals surface area contributed by atoms with Gasteiger partial charge in [-0.25, -0.2) is 9.45 Å². The molecule has 1 aromatic carbocycles. The van der Waals surface area contributed by atoms with Crippen molar-refractivity contribution in [2.45, 2.75) is 0 Å². The van der Waals surface area contributed by atoms with E-state index >= 15 is 0 Å². The molecule has 0 aliphatic rings. The molecule has 4 nitrogen and oxygen atoms in total. The van der Waals surface area contributed by atoms with Gasteiger partial charge in [-0.15, -0.1) is 0 Å². The van der Waals surface area contributed by atoms with Crippen LogP contribution in [0, 0.1) is 5.82 Å². The number of nitrogens with two attached hydrogens (primary N) is 1. The minimum Gasteiger partial charge on any atom is -0.398 e. The van der Waals surface area contributed by atoms with Crippen molar-refractivity contribution in [3.63, 3.8) is 0 Å². The predicted molar refractivity (Wildman–Crippen MR) is 49.9 cm³/mol. The first kappa shape index (κ1) is 10.5. The van der Waals surface area contributed by atoms with Crippen LogP contribution in [0.15, 0.2) is 18.2 Å². The number of carbonyl (C=O) groups excluding carboxylic acids is 1. The molecule has 14 heavy (non-hydrogen) atoms. The number of hydrogen-bond acceptors (Lipinski definition) is 3. The Morgan fingerprint density at radius 1 is 1.57 bits per heavy atom.